The average Bonchev–Trinajstić information content (AvgIpc) is 2.99. The molecule has 8 heteroatoms. The lowest BCUT2D eigenvalue weighted by Gasteiger charge is -2.28. The third-order valence-electron chi connectivity index (χ3n) is 6.50. The van der Waals surface area contributed by atoms with Crippen LogP contribution in [0.2, 0.25) is 10.0 Å². The fraction of sp³-hybridized carbons (Fsp3) is 0.240. The van der Waals surface area contributed by atoms with E-state index in [1.54, 1.807) is 30.6 Å². The monoisotopic (exact) mass is 479 g/mol. The third-order valence-corrected chi connectivity index (χ3v) is 7.11. The Hall–Kier alpha value is -2.93. The Morgan fingerprint density at radius 1 is 1.12 bits per heavy atom. The third kappa shape index (κ3) is 3.59. The van der Waals surface area contributed by atoms with Crippen LogP contribution in [0.4, 0.5) is 11.6 Å². The number of hydrogen-bond acceptors (Lipinski definition) is 5. The number of benzene rings is 2. The number of anilines is 2. The lowest BCUT2D eigenvalue weighted by atomic mass is 9.94. The van der Waals surface area contributed by atoms with Crippen LogP contribution in [0.3, 0.4) is 0 Å². The van der Waals surface area contributed by atoms with Gasteiger partial charge in [0.25, 0.3) is 5.56 Å². The minimum absolute atomic E-state index is 0.00880. The van der Waals surface area contributed by atoms with Gasteiger partial charge in [-0.2, -0.15) is 0 Å². The molecule has 1 aliphatic heterocycles. The van der Waals surface area contributed by atoms with E-state index in [1.807, 2.05) is 13.0 Å². The molecule has 0 fully saturated rings. The fourth-order valence-corrected chi connectivity index (χ4v) is 4.99. The van der Waals surface area contributed by atoms with Crippen LogP contribution < -0.4 is 10.9 Å². The number of aryl methyl sites for hydroxylation is 1. The number of pyridine rings is 1. The molecule has 4 aromatic rings. The molecule has 0 amide bonds. The van der Waals surface area contributed by atoms with Crippen molar-refractivity contribution >= 4 is 45.7 Å². The van der Waals surface area contributed by atoms with Gasteiger partial charge in [-0.05, 0) is 68.8 Å². The number of hydrogen-bond donors (Lipinski definition) is 1. The van der Waals surface area contributed by atoms with E-state index in [4.69, 9.17) is 23.2 Å². The molecule has 0 radical (unpaired) electrons. The lowest BCUT2D eigenvalue weighted by molar-refractivity contribution is 0.178. The van der Waals surface area contributed by atoms with Gasteiger partial charge in [0, 0.05) is 30.2 Å². The Morgan fingerprint density at radius 3 is 2.58 bits per heavy atom. The molecule has 0 atom stereocenters. The van der Waals surface area contributed by atoms with Crippen molar-refractivity contribution < 1.29 is 0 Å². The van der Waals surface area contributed by atoms with Gasteiger partial charge in [-0.25, -0.2) is 9.97 Å². The zero-order valence-electron chi connectivity index (χ0n) is 18.8. The lowest BCUT2D eigenvalue weighted by Crippen LogP contribution is -2.31. The first-order valence-corrected chi connectivity index (χ1v) is 11.4. The Balaban J connectivity index is 1.54. The maximum Gasteiger partial charge on any atom is 0.266 e. The van der Waals surface area contributed by atoms with E-state index in [-0.39, 0.29) is 11.1 Å². The largest absolute Gasteiger partial charge is 0.324 e. The van der Waals surface area contributed by atoms with Crippen LogP contribution in [0.15, 0.2) is 53.6 Å². The Labute approximate surface area is 201 Å². The number of para-hydroxylation sites is 1. The van der Waals surface area contributed by atoms with Crippen LogP contribution >= 0.6 is 23.2 Å². The number of nitrogens with zero attached hydrogens (tertiary/aromatic N) is 4. The Kier molecular flexibility index (Phi) is 5.20. The molecular formula is C25H23Cl2N5O. The second kappa shape index (κ2) is 7.83. The smallest absolute Gasteiger partial charge is 0.266 e. The van der Waals surface area contributed by atoms with Crippen molar-refractivity contribution in [3.63, 3.8) is 0 Å². The van der Waals surface area contributed by atoms with Crippen LogP contribution in [0.1, 0.15) is 30.5 Å². The van der Waals surface area contributed by atoms with Gasteiger partial charge in [0.2, 0.25) is 5.95 Å². The molecule has 2 aromatic carbocycles. The van der Waals surface area contributed by atoms with Gasteiger partial charge in [0.15, 0.2) is 0 Å². The summed E-state index contributed by atoms with van der Waals surface area (Å²) in [6.45, 7) is 7.24. The maximum atomic E-state index is 13.2. The van der Waals surface area contributed by atoms with Crippen molar-refractivity contribution in [2.45, 2.75) is 32.9 Å². The molecule has 0 aliphatic carbocycles. The van der Waals surface area contributed by atoms with E-state index in [9.17, 15) is 4.79 Å². The second-order valence-corrected chi connectivity index (χ2v) is 9.74. The summed E-state index contributed by atoms with van der Waals surface area (Å²) in [6.07, 6.45) is 3.26. The van der Waals surface area contributed by atoms with E-state index >= 15 is 0 Å². The first kappa shape index (κ1) is 21.9. The first-order valence-electron chi connectivity index (χ1n) is 10.6. The minimum Gasteiger partial charge on any atom is -0.324 e. The zero-order valence-corrected chi connectivity index (χ0v) is 20.3. The van der Waals surface area contributed by atoms with Crippen molar-refractivity contribution in [2.75, 3.05) is 12.4 Å². The molecule has 0 spiro atoms. The molecule has 6 nitrogen and oxygen atoms in total. The van der Waals surface area contributed by atoms with E-state index in [0.29, 0.717) is 32.6 Å². The van der Waals surface area contributed by atoms with E-state index in [2.05, 4.69) is 53.2 Å². The van der Waals surface area contributed by atoms with E-state index in [1.165, 1.54) is 15.7 Å². The summed E-state index contributed by atoms with van der Waals surface area (Å²) in [4.78, 5) is 24.6. The molecule has 0 saturated carbocycles. The van der Waals surface area contributed by atoms with Gasteiger partial charge in [-0.3, -0.25) is 14.3 Å². The quantitative estimate of drug-likeness (QED) is 0.401. The highest BCUT2D eigenvalue weighted by molar-refractivity contribution is 6.37. The van der Waals surface area contributed by atoms with Crippen molar-refractivity contribution in [3.8, 4) is 5.69 Å². The van der Waals surface area contributed by atoms with Crippen molar-refractivity contribution in [3.05, 3.63) is 85.9 Å². The zero-order chi connectivity index (χ0) is 23.5. The fourth-order valence-electron chi connectivity index (χ4n) is 4.41. The predicted octanol–water partition coefficient (Wildman–Crippen LogP) is 5.82. The van der Waals surface area contributed by atoms with Gasteiger partial charge >= 0.3 is 0 Å². The van der Waals surface area contributed by atoms with Gasteiger partial charge in [-0.15, -0.1) is 0 Å². The van der Waals surface area contributed by atoms with Crippen LogP contribution in [-0.4, -0.2) is 26.5 Å². The molecule has 2 aromatic heterocycles. The van der Waals surface area contributed by atoms with E-state index < -0.39 is 0 Å². The normalized spacial score (nSPS) is 15.1. The summed E-state index contributed by atoms with van der Waals surface area (Å²) in [7, 11) is 2.13. The number of aromatic nitrogens is 3. The van der Waals surface area contributed by atoms with Gasteiger partial charge in [0.05, 0.1) is 26.6 Å². The predicted molar refractivity (Wildman–Crippen MR) is 134 cm³/mol. The van der Waals surface area contributed by atoms with Gasteiger partial charge in [0.1, 0.15) is 0 Å². The summed E-state index contributed by atoms with van der Waals surface area (Å²) >= 11 is 12.7. The molecule has 1 N–H and O–H groups in total. The second-order valence-electron chi connectivity index (χ2n) is 8.93. The standard InChI is InChI=1S/C25H23Cl2N5O/c1-14-12-32(22-19(26)6-5-7-20(22)27)23(33)17-11-28-24(30-21(14)17)29-16-8-9-18-15(10-16)13-31(4)25(18,2)3/h5-12H,13H2,1-4H3,(H,28,29,30). The molecule has 3 heterocycles. The summed E-state index contributed by atoms with van der Waals surface area (Å²) in [6, 6.07) is 11.5. The van der Waals surface area contributed by atoms with Crippen LogP contribution in [-0.2, 0) is 12.1 Å². The first-order chi connectivity index (χ1) is 15.7. The van der Waals surface area contributed by atoms with Crippen LogP contribution in [0.25, 0.3) is 16.6 Å². The topological polar surface area (TPSA) is 63.1 Å². The van der Waals surface area contributed by atoms with Crippen molar-refractivity contribution in [2.24, 2.45) is 0 Å². The van der Waals surface area contributed by atoms with Crippen molar-refractivity contribution in [1.29, 1.82) is 0 Å². The Bertz CT molecular complexity index is 1460. The highest BCUT2D eigenvalue weighted by Crippen LogP contribution is 2.38. The molecular weight excluding hydrogens is 457 g/mol. The van der Waals surface area contributed by atoms with Crippen LogP contribution in [0.5, 0.6) is 0 Å². The highest BCUT2D eigenvalue weighted by atomic mass is 35.5. The maximum absolute atomic E-state index is 13.2. The minimum atomic E-state index is -0.278. The number of halogens is 2. The molecule has 0 unspecified atom stereocenters. The molecule has 33 heavy (non-hydrogen) atoms. The van der Waals surface area contributed by atoms with E-state index in [0.717, 1.165) is 17.8 Å². The van der Waals surface area contributed by atoms with Crippen LogP contribution in [0, 0.1) is 6.92 Å². The summed E-state index contributed by atoms with van der Waals surface area (Å²) in [5.74, 6) is 0.434. The highest BCUT2D eigenvalue weighted by Gasteiger charge is 2.34. The average molecular weight is 480 g/mol. The van der Waals surface area contributed by atoms with Gasteiger partial charge in [-0.1, -0.05) is 35.3 Å². The number of fused-ring (bicyclic) bond motifs is 2. The summed E-state index contributed by atoms with van der Waals surface area (Å²) < 4.78 is 1.46. The van der Waals surface area contributed by atoms with Gasteiger partial charge < -0.3 is 5.32 Å². The molecule has 1 aliphatic rings. The summed E-state index contributed by atoms with van der Waals surface area (Å²) in [5, 5.41) is 4.48. The molecule has 0 bridgehead atoms. The number of nitrogens with one attached hydrogen (secondary N) is 1. The SMILES string of the molecule is Cc1cn(-c2c(Cl)cccc2Cl)c(=O)c2cnc(Nc3ccc4c(c3)CN(C)C4(C)C)nc12. The number of rotatable bonds is 3. The Morgan fingerprint density at radius 2 is 1.85 bits per heavy atom. The summed E-state index contributed by atoms with van der Waals surface area (Å²) in [5.41, 5.74) is 5.09. The molecule has 5 rings (SSSR count). The van der Waals surface area contributed by atoms with Crippen molar-refractivity contribution in [1.82, 2.24) is 19.4 Å². The molecule has 168 valence electrons. The molecule has 0 saturated heterocycles.